The van der Waals surface area contributed by atoms with Crippen LogP contribution < -0.4 is 10.6 Å². The predicted octanol–water partition coefficient (Wildman–Crippen LogP) is 3.05. The second kappa shape index (κ2) is 3.45. The Kier molecular flexibility index (Phi) is 1.75. The fourth-order valence-electron chi connectivity index (χ4n) is 3.31. The van der Waals surface area contributed by atoms with E-state index in [0.29, 0.717) is 0 Å². The Hall–Kier alpha value is -2.67. The number of fused-ring (bicyclic) bond motifs is 6. The molecule has 0 fully saturated rings. The largest absolute Gasteiger partial charge is 0.248 e. The molecule has 0 aromatic heterocycles. The highest BCUT2D eigenvalue weighted by atomic mass is 14.8. The third-order valence-corrected chi connectivity index (χ3v) is 4.19. The van der Waals surface area contributed by atoms with E-state index < -0.39 is 0 Å². The van der Waals surface area contributed by atoms with Gasteiger partial charge in [-0.15, -0.1) is 0 Å². The van der Waals surface area contributed by atoms with Gasteiger partial charge in [0.2, 0.25) is 0 Å². The molecule has 0 saturated carbocycles. The molecule has 92 valence electrons. The van der Waals surface area contributed by atoms with Gasteiger partial charge in [-0.2, -0.15) is 0 Å². The van der Waals surface area contributed by atoms with Crippen LogP contribution in [0.3, 0.4) is 0 Å². The van der Waals surface area contributed by atoms with Crippen molar-refractivity contribution < 1.29 is 0 Å². The molecule has 0 saturated heterocycles. The minimum Gasteiger partial charge on any atom is -0.248 e. The van der Waals surface area contributed by atoms with Gasteiger partial charge in [-0.1, -0.05) is 48.5 Å². The fraction of sp³-hybridized carbons (Fsp3) is 0. The summed E-state index contributed by atoms with van der Waals surface area (Å²) in [7, 11) is 0. The molecular weight excluding hydrogens is 242 g/mol. The quantitative estimate of drug-likeness (QED) is 0.402. The highest BCUT2D eigenvalue weighted by Gasteiger charge is 2.18. The Morgan fingerprint density at radius 1 is 0.700 bits per heavy atom. The van der Waals surface area contributed by atoms with Crippen molar-refractivity contribution in [2.24, 2.45) is 4.99 Å². The van der Waals surface area contributed by atoms with Gasteiger partial charge in [-0.05, 0) is 39.4 Å². The minimum atomic E-state index is 1.08. The van der Waals surface area contributed by atoms with Crippen LogP contribution in [-0.2, 0) is 0 Å². The number of para-hydroxylation sites is 1. The number of benzene rings is 3. The van der Waals surface area contributed by atoms with E-state index in [1.807, 2.05) is 6.07 Å². The van der Waals surface area contributed by atoms with Gasteiger partial charge >= 0.3 is 0 Å². The van der Waals surface area contributed by atoms with Gasteiger partial charge in [0.25, 0.3) is 0 Å². The topological polar surface area (TPSA) is 12.4 Å². The third-order valence-electron chi connectivity index (χ3n) is 4.19. The summed E-state index contributed by atoms with van der Waals surface area (Å²) in [5.41, 5.74) is 4.94. The van der Waals surface area contributed by atoms with Gasteiger partial charge in [-0.3, -0.25) is 0 Å². The van der Waals surface area contributed by atoms with E-state index in [1.54, 1.807) is 0 Å². The van der Waals surface area contributed by atoms with Crippen LogP contribution >= 0.6 is 0 Å². The van der Waals surface area contributed by atoms with E-state index in [9.17, 15) is 0 Å². The maximum atomic E-state index is 4.74. The van der Waals surface area contributed by atoms with Crippen molar-refractivity contribution >= 4 is 11.8 Å². The first kappa shape index (κ1) is 10.2. The number of hydrogen-bond donors (Lipinski definition) is 0. The molecule has 0 radical (unpaired) electrons. The second-order valence-electron chi connectivity index (χ2n) is 5.28. The molecule has 1 heteroatoms. The van der Waals surface area contributed by atoms with Crippen molar-refractivity contribution in [3.63, 3.8) is 0 Å². The maximum Gasteiger partial charge on any atom is 0.0722 e. The molecule has 0 atom stereocenters. The highest BCUT2D eigenvalue weighted by molar-refractivity contribution is 5.86. The first-order valence-electron chi connectivity index (χ1n) is 6.84. The van der Waals surface area contributed by atoms with Crippen LogP contribution in [0, 0.1) is 10.4 Å². The van der Waals surface area contributed by atoms with E-state index in [-0.39, 0.29) is 0 Å². The molecule has 1 aliphatic carbocycles. The Bertz CT molecular complexity index is 1090. The van der Waals surface area contributed by atoms with Crippen LogP contribution in [0.1, 0.15) is 5.56 Å². The summed E-state index contributed by atoms with van der Waals surface area (Å²) in [6, 6.07) is 21.3. The molecule has 3 aromatic carbocycles. The van der Waals surface area contributed by atoms with Crippen LogP contribution in [0.15, 0.2) is 65.7 Å². The molecule has 0 spiro atoms. The molecule has 1 aliphatic heterocycles. The Morgan fingerprint density at radius 2 is 1.55 bits per heavy atom. The van der Waals surface area contributed by atoms with Crippen LogP contribution in [0.2, 0.25) is 0 Å². The van der Waals surface area contributed by atoms with Crippen molar-refractivity contribution in [2.75, 3.05) is 0 Å². The molecule has 0 N–H and O–H groups in total. The molecule has 2 aliphatic rings. The zero-order chi connectivity index (χ0) is 13.1. The van der Waals surface area contributed by atoms with E-state index in [4.69, 9.17) is 4.99 Å². The molecule has 20 heavy (non-hydrogen) atoms. The molecule has 1 nitrogen and oxygen atoms in total. The van der Waals surface area contributed by atoms with E-state index in [0.717, 1.165) is 11.0 Å². The fourth-order valence-corrected chi connectivity index (χ4v) is 3.31. The number of hydrogen-bond acceptors (Lipinski definition) is 1. The summed E-state index contributed by atoms with van der Waals surface area (Å²) in [5.74, 6) is 0. The van der Waals surface area contributed by atoms with E-state index in [1.165, 1.54) is 32.3 Å². The SMILES string of the molecule is C1=c2ccccc2=c2ccc3c(c21)-c1ccccc1N=3. The lowest BCUT2D eigenvalue weighted by molar-refractivity contribution is 1.39. The summed E-state index contributed by atoms with van der Waals surface area (Å²) >= 11 is 0. The van der Waals surface area contributed by atoms with Crippen molar-refractivity contribution in [3.8, 4) is 11.1 Å². The molecule has 0 unspecified atom stereocenters. The number of nitrogens with zero attached hydrogens (tertiary/aromatic N) is 1. The van der Waals surface area contributed by atoms with Crippen molar-refractivity contribution in [3.05, 3.63) is 87.2 Å². The lowest BCUT2D eigenvalue weighted by Gasteiger charge is -2.02. The van der Waals surface area contributed by atoms with E-state index in [2.05, 4.69) is 60.7 Å². The zero-order valence-electron chi connectivity index (χ0n) is 10.8. The minimum absolute atomic E-state index is 1.08. The van der Waals surface area contributed by atoms with E-state index >= 15 is 0 Å². The zero-order valence-corrected chi connectivity index (χ0v) is 10.8. The van der Waals surface area contributed by atoms with Gasteiger partial charge in [0, 0.05) is 11.1 Å². The standard InChI is InChI=1S/C19H11N/c1-2-6-13-12(5-1)11-16-14(13)9-10-18-19(16)15-7-3-4-8-17(15)20-18/h1-11H. The Balaban J connectivity index is 2.03. The monoisotopic (exact) mass is 253 g/mol. The lowest BCUT2D eigenvalue weighted by atomic mass is 9.99. The molecule has 1 heterocycles. The number of rotatable bonds is 0. The molecule has 3 aromatic rings. The normalized spacial score (nSPS) is 12.8. The van der Waals surface area contributed by atoms with Crippen molar-refractivity contribution in [1.29, 1.82) is 0 Å². The molecular formula is C19H11N. The predicted molar refractivity (Wildman–Crippen MR) is 80.0 cm³/mol. The van der Waals surface area contributed by atoms with Gasteiger partial charge in [-0.25, -0.2) is 4.99 Å². The van der Waals surface area contributed by atoms with Gasteiger partial charge in [0.15, 0.2) is 0 Å². The Labute approximate surface area is 115 Å². The molecule has 5 rings (SSSR count). The first-order chi connectivity index (χ1) is 9.92. The maximum absolute atomic E-state index is 4.74. The van der Waals surface area contributed by atoms with Gasteiger partial charge < -0.3 is 0 Å². The summed E-state index contributed by atoms with van der Waals surface area (Å²) in [5, 5.41) is 5.05. The van der Waals surface area contributed by atoms with Crippen LogP contribution in [0.4, 0.5) is 5.69 Å². The summed E-state index contributed by atoms with van der Waals surface area (Å²) in [6.45, 7) is 0. The highest BCUT2D eigenvalue weighted by Crippen LogP contribution is 2.35. The van der Waals surface area contributed by atoms with Crippen molar-refractivity contribution in [1.82, 2.24) is 0 Å². The average molecular weight is 253 g/mol. The average Bonchev–Trinajstić information content (AvgIpc) is 3.04. The summed E-state index contributed by atoms with van der Waals surface area (Å²) < 4.78 is 0. The van der Waals surface area contributed by atoms with Crippen LogP contribution in [-0.4, -0.2) is 0 Å². The van der Waals surface area contributed by atoms with Crippen LogP contribution in [0.25, 0.3) is 17.2 Å². The summed E-state index contributed by atoms with van der Waals surface area (Å²) in [6.07, 6.45) is 2.29. The van der Waals surface area contributed by atoms with Gasteiger partial charge in [0.1, 0.15) is 0 Å². The lowest BCUT2D eigenvalue weighted by Crippen LogP contribution is -2.02. The van der Waals surface area contributed by atoms with Crippen LogP contribution in [0.5, 0.6) is 0 Å². The molecule has 0 amide bonds. The first-order valence-corrected chi connectivity index (χ1v) is 6.84. The smallest absolute Gasteiger partial charge is 0.0722 e. The molecule has 0 bridgehead atoms. The van der Waals surface area contributed by atoms with Crippen molar-refractivity contribution in [2.45, 2.75) is 0 Å². The Morgan fingerprint density at radius 3 is 2.55 bits per heavy atom. The third kappa shape index (κ3) is 1.15. The van der Waals surface area contributed by atoms with Gasteiger partial charge in [0.05, 0.1) is 11.0 Å². The summed E-state index contributed by atoms with van der Waals surface area (Å²) in [4.78, 5) is 4.74. The second-order valence-corrected chi connectivity index (χ2v) is 5.28.